The second kappa shape index (κ2) is 8.70. The Kier molecular flexibility index (Phi) is 6.57. The molecule has 0 saturated heterocycles. The normalized spacial score (nSPS) is 11.0. The van der Waals surface area contributed by atoms with Crippen LogP contribution in [0.2, 0.25) is 0 Å². The summed E-state index contributed by atoms with van der Waals surface area (Å²) in [4.78, 5) is 34.2. The van der Waals surface area contributed by atoms with Gasteiger partial charge in [0.05, 0.1) is 7.11 Å². The quantitative estimate of drug-likeness (QED) is 0.553. The number of ketones is 1. The van der Waals surface area contributed by atoms with Gasteiger partial charge in [-0.05, 0) is 12.1 Å². The maximum atomic E-state index is 14.3. The first-order valence-corrected chi connectivity index (χ1v) is 9.36. The van der Waals surface area contributed by atoms with E-state index >= 15 is 0 Å². The molecular weight excluding hydrogens is 396 g/mol. The average Bonchev–Trinajstić information content (AvgIpc) is 2.66. The fourth-order valence-corrected chi connectivity index (χ4v) is 3.38. The maximum Gasteiger partial charge on any atom is 0.343 e. The summed E-state index contributed by atoms with van der Waals surface area (Å²) in [6, 6.07) is 9.19. The van der Waals surface area contributed by atoms with Crippen molar-refractivity contribution in [1.82, 2.24) is 4.72 Å². The lowest BCUT2D eigenvalue weighted by Gasteiger charge is -2.10. The molecule has 2 rings (SSSR count). The van der Waals surface area contributed by atoms with Crippen molar-refractivity contribution in [2.75, 3.05) is 7.11 Å². The molecule has 0 bridgehead atoms. The Balaban J connectivity index is 2.14. The van der Waals surface area contributed by atoms with Crippen molar-refractivity contribution in [3.63, 3.8) is 0 Å². The van der Waals surface area contributed by atoms with Gasteiger partial charge in [0, 0.05) is 18.4 Å². The molecule has 1 N–H and O–H groups in total. The van der Waals surface area contributed by atoms with Gasteiger partial charge in [-0.3, -0.25) is 9.59 Å². The number of hydrogen-bond donors (Lipinski definition) is 1. The van der Waals surface area contributed by atoms with Crippen LogP contribution in [0.15, 0.2) is 47.4 Å². The van der Waals surface area contributed by atoms with Crippen molar-refractivity contribution >= 4 is 27.7 Å². The van der Waals surface area contributed by atoms with Crippen LogP contribution < -0.4 is 4.72 Å². The molecule has 10 heteroatoms. The lowest BCUT2D eigenvalue weighted by molar-refractivity contribution is -0.119. The fraction of sp³-hybridized carbons (Fsp3) is 0.167. The third kappa shape index (κ3) is 4.77. The number of methoxy groups -OCH3 is 1. The molecule has 0 saturated carbocycles. The number of Topliss-reactive ketones (excluding diaryl/α,β-unsaturated/α-hetero) is 1. The molecule has 28 heavy (non-hydrogen) atoms. The highest BCUT2D eigenvalue weighted by Gasteiger charge is 2.29. The molecule has 0 fully saturated rings. The molecular formula is C18H15F2NO6S. The molecule has 1 amide bonds. The van der Waals surface area contributed by atoms with Gasteiger partial charge in [0.25, 0.3) is 10.0 Å². The number of nitrogens with one attached hydrogen (secondary N) is 1. The molecule has 0 aliphatic carbocycles. The van der Waals surface area contributed by atoms with Crippen LogP contribution in [0.5, 0.6) is 0 Å². The molecule has 0 heterocycles. The largest absolute Gasteiger partial charge is 0.465 e. The van der Waals surface area contributed by atoms with E-state index in [-0.39, 0.29) is 12.2 Å². The smallest absolute Gasteiger partial charge is 0.343 e. The Morgan fingerprint density at radius 3 is 2.25 bits per heavy atom. The van der Waals surface area contributed by atoms with Gasteiger partial charge in [-0.15, -0.1) is 0 Å². The summed E-state index contributed by atoms with van der Waals surface area (Å²) in [5, 5.41) is 0. The lowest BCUT2D eigenvalue weighted by atomic mass is 10.1. The molecule has 7 nitrogen and oxygen atoms in total. The standard InChI is InChI=1S/C18H15F2NO6S/c1-27-18(24)16-12(19)7-9-14(17(16)20)28(25,26)21-15(23)10-8-13(22)11-5-3-2-4-6-11/h2-7,9H,8,10H2,1H3,(H,21,23). The molecule has 0 spiro atoms. The van der Waals surface area contributed by atoms with Crippen LogP contribution in [0.25, 0.3) is 0 Å². The van der Waals surface area contributed by atoms with Crippen LogP contribution in [-0.2, 0) is 19.6 Å². The topological polar surface area (TPSA) is 107 Å². The van der Waals surface area contributed by atoms with Crippen molar-refractivity contribution in [3.8, 4) is 0 Å². The second-order valence-electron chi connectivity index (χ2n) is 5.54. The van der Waals surface area contributed by atoms with Crippen molar-refractivity contribution in [3.05, 3.63) is 65.2 Å². The SMILES string of the molecule is COC(=O)c1c(F)ccc(S(=O)(=O)NC(=O)CCC(=O)c2ccccc2)c1F. The minimum atomic E-state index is -4.74. The zero-order valence-electron chi connectivity index (χ0n) is 14.6. The molecule has 2 aromatic carbocycles. The van der Waals surface area contributed by atoms with Gasteiger partial charge in [-0.2, -0.15) is 0 Å². The van der Waals surface area contributed by atoms with Crippen LogP contribution in [0.1, 0.15) is 33.6 Å². The minimum absolute atomic E-state index is 0.273. The van der Waals surface area contributed by atoms with Crippen LogP contribution in [0, 0.1) is 11.6 Å². The number of hydrogen-bond acceptors (Lipinski definition) is 6. The first-order chi connectivity index (χ1) is 13.2. The second-order valence-corrected chi connectivity index (χ2v) is 7.19. The van der Waals surface area contributed by atoms with Crippen LogP contribution in [-0.4, -0.2) is 33.2 Å². The van der Waals surface area contributed by atoms with E-state index in [0.29, 0.717) is 17.7 Å². The van der Waals surface area contributed by atoms with E-state index in [0.717, 1.165) is 7.11 Å². The lowest BCUT2D eigenvalue weighted by Crippen LogP contribution is -2.32. The predicted octanol–water partition coefficient (Wildman–Crippen LogP) is 2.22. The highest BCUT2D eigenvalue weighted by atomic mass is 32.2. The molecule has 0 atom stereocenters. The number of sulfonamides is 1. The van der Waals surface area contributed by atoms with E-state index in [4.69, 9.17) is 0 Å². The first kappa shape index (κ1) is 21.2. The summed E-state index contributed by atoms with van der Waals surface area (Å²) in [6.07, 6.45) is -0.746. The number of ether oxygens (including phenoxy) is 1. The summed E-state index contributed by atoms with van der Waals surface area (Å²) in [7, 11) is -3.88. The first-order valence-electron chi connectivity index (χ1n) is 7.87. The zero-order valence-corrected chi connectivity index (χ0v) is 15.4. The summed E-state index contributed by atoms with van der Waals surface area (Å²) in [6.45, 7) is 0. The van der Waals surface area contributed by atoms with E-state index in [1.54, 1.807) is 35.1 Å². The Morgan fingerprint density at radius 2 is 1.64 bits per heavy atom. The third-order valence-corrected chi connectivity index (χ3v) is 5.05. The van der Waals surface area contributed by atoms with E-state index in [1.165, 1.54) is 0 Å². The summed E-state index contributed by atoms with van der Waals surface area (Å²) in [5.74, 6) is -5.86. The molecule has 0 aliphatic heterocycles. The number of carbonyl (C=O) groups excluding carboxylic acids is 3. The minimum Gasteiger partial charge on any atom is -0.465 e. The van der Waals surface area contributed by atoms with Crippen molar-refractivity contribution in [2.45, 2.75) is 17.7 Å². The maximum absolute atomic E-state index is 14.3. The highest BCUT2D eigenvalue weighted by molar-refractivity contribution is 7.90. The third-order valence-electron chi connectivity index (χ3n) is 3.66. The number of benzene rings is 2. The van der Waals surface area contributed by atoms with Crippen molar-refractivity contribution in [1.29, 1.82) is 0 Å². The molecule has 2 aromatic rings. The molecule has 0 radical (unpaired) electrons. The van der Waals surface area contributed by atoms with Gasteiger partial charge in [-0.1, -0.05) is 30.3 Å². The Bertz CT molecular complexity index is 1020. The molecule has 0 aromatic heterocycles. The number of carbonyl (C=O) groups is 3. The van der Waals surface area contributed by atoms with Gasteiger partial charge < -0.3 is 4.74 Å². The van der Waals surface area contributed by atoms with Gasteiger partial charge in [0.1, 0.15) is 16.3 Å². The van der Waals surface area contributed by atoms with Crippen molar-refractivity contribution in [2.24, 2.45) is 0 Å². The van der Waals surface area contributed by atoms with Crippen LogP contribution in [0.3, 0.4) is 0 Å². The van der Waals surface area contributed by atoms with E-state index in [2.05, 4.69) is 4.74 Å². The number of esters is 1. The van der Waals surface area contributed by atoms with E-state index in [1.807, 2.05) is 0 Å². The average molecular weight is 411 g/mol. The summed E-state index contributed by atoms with van der Waals surface area (Å²) < 4.78 is 58.2. The van der Waals surface area contributed by atoms with Gasteiger partial charge in [0.2, 0.25) is 5.91 Å². The van der Waals surface area contributed by atoms with Crippen LogP contribution in [0.4, 0.5) is 8.78 Å². The van der Waals surface area contributed by atoms with Gasteiger partial charge >= 0.3 is 5.97 Å². The van der Waals surface area contributed by atoms with Crippen LogP contribution >= 0.6 is 0 Å². The Hall–Kier alpha value is -3.14. The molecule has 148 valence electrons. The summed E-state index contributed by atoms with van der Waals surface area (Å²) in [5.41, 5.74) is -0.845. The van der Waals surface area contributed by atoms with Gasteiger partial charge in [0.15, 0.2) is 11.6 Å². The highest BCUT2D eigenvalue weighted by Crippen LogP contribution is 2.22. The van der Waals surface area contributed by atoms with Crippen molar-refractivity contribution < 1.29 is 36.3 Å². The number of halogens is 2. The summed E-state index contributed by atoms with van der Waals surface area (Å²) >= 11 is 0. The monoisotopic (exact) mass is 411 g/mol. The fourth-order valence-electron chi connectivity index (χ4n) is 2.28. The van der Waals surface area contributed by atoms with E-state index in [9.17, 15) is 31.6 Å². The number of amides is 1. The van der Waals surface area contributed by atoms with Gasteiger partial charge in [-0.25, -0.2) is 26.7 Å². The van der Waals surface area contributed by atoms with E-state index < -0.39 is 50.4 Å². The molecule has 0 aliphatic rings. The zero-order chi connectivity index (χ0) is 20.9. The Morgan fingerprint density at radius 1 is 1.00 bits per heavy atom. The Labute approximate surface area is 159 Å². The number of rotatable bonds is 7. The molecule has 0 unspecified atom stereocenters. The predicted molar refractivity (Wildman–Crippen MR) is 93.0 cm³/mol.